The highest BCUT2D eigenvalue weighted by atomic mass is 16.5. The average Bonchev–Trinajstić information content (AvgIpc) is 2.84. The lowest BCUT2D eigenvalue weighted by atomic mass is 10.0. The highest BCUT2D eigenvalue weighted by Crippen LogP contribution is 2.24. The molecule has 5 nitrogen and oxygen atoms in total. The van der Waals surface area contributed by atoms with Crippen LogP contribution in [0.2, 0.25) is 0 Å². The van der Waals surface area contributed by atoms with Crippen LogP contribution in [0.25, 0.3) is 0 Å². The zero-order valence-electron chi connectivity index (χ0n) is 18.4. The van der Waals surface area contributed by atoms with Gasteiger partial charge in [0.05, 0.1) is 0 Å². The number of para-hydroxylation sites is 1. The number of nitrogens with one attached hydrogen (secondary N) is 1. The Kier molecular flexibility index (Phi) is 8.87. The van der Waals surface area contributed by atoms with Crippen molar-refractivity contribution in [3.05, 3.63) is 102 Å². The smallest absolute Gasteiger partial charge is 0.261 e. The Hall–Kier alpha value is -3.60. The maximum Gasteiger partial charge on any atom is 0.261 e. The van der Waals surface area contributed by atoms with Gasteiger partial charge in [-0.1, -0.05) is 92.2 Å². The lowest BCUT2D eigenvalue weighted by molar-refractivity contribution is -0.143. The Morgan fingerprint density at radius 1 is 0.875 bits per heavy atom. The third kappa shape index (κ3) is 6.71. The number of benzene rings is 3. The quantitative estimate of drug-likeness (QED) is 0.447. The molecule has 1 N–H and O–H groups in total. The lowest BCUT2D eigenvalue weighted by Crippen LogP contribution is -2.45. The van der Waals surface area contributed by atoms with Crippen molar-refractivity contribution in [2.24, 2.45) is 0 Å². The maximum absolute atomic E-state index is 13.4. The number of carbonyl (C=O) groups is 2. The van der Waals surface area contributed by atoms with Crippen molar-refractivity contribution < 1.29 is 14.3 Å². The van der Waals surface area contributed by atoms with Gasteiger partial charge in [0.2, 0.25) is 5.91 Å². The molecule has 1 unspecified atom stereocenters. The number of carbonyl (C=O) groups excluding carboxylic acids is 2. The van der Waals surface area contributed by atoms with Crippen molar-refractivity contribution in [2.45, 2.75) is 32.4 Å². The fourth-order valence-corrected chi connectivity index (χ4v) is 3.44. The van der Waals surface area contributed by atoms with Gasteiger partial charge < -0.3 is 15.0 Å². The van der Waals surface area contributed by atoms with Gasteiger partial charge in [0.25, 0.3) is 5.91 Å². The third-order valence-corrected chi connectivity index (χ3v) is 5.13. The largest absolute Gasteiger partial charge is 0.484 e. The predicted octanol–water partition coefficient (Wildman–Crippen LogP) is 4.75. The minimum Gasteiger partial charge on any atom is -0.484 e. The van der Waals surface area contributed by atoms with Gasteiger partial charge in [-0.05, 0) is 29.7 Å². The Morgan fingerprint density at radius 2 is 1.47 bits per heavy atom. The van der Waals surface area contributed by atoms with E-state index in [0.29, 0.717) is 18.8 Å². The van der Waals surface area contributed by atoms with Crippen molar-refractivity contribution >= 4 is 11.8 Å². The Morgan fingerprint density at radius 3 is 2.09 bits per heavy atom. The molecule has 5 heteroatoms. The van der Waals surface area contributed by atoms with Crippen LogP contribution in [0, 0.1) is 0 Å². The monoisotopic (exact) mass is 430 g/mol. The molecule has 0 aromatic heterocycles. The molecular formula is C27H30N2O3. The van der Waals surface area contributed by atoms with Crippen molar-refractivity contribution in [3.63, 3.8) is 0 Å². The summed E-state index contributed by atoms with van der Waals surface area (Å²) in [7, 11) is 0. The van der Waals surface area contributed by atoms with Crippen LogP contribution in [0.1, 0.15) is 36.9 Å². The molecule has 0 aliphatic rings. The van der Waals surface area contributed by atoms with Gasteiger partial charge in [-0.3, -0.25) is 9.59 Å². The van der Waals surface area contributed by atoms with Gasteiger partial charge in [-0.15, -0.1) is 0 Å². The zero-order chi connectivity index (χ0) is 22.6. The number of rotatable bonds is 11. The molecule has 32 heavy (non-hydrogen) atoms. The first-order valence-corrected chi connectivity index (χ1v) is 11.0. The fourth-order valence-electron chi connectivity index (χ4n) is 3.44. The molecule has 0 bridgehead atoms. The van der Waals surface area contributed by atoms with Crippen LogP contribution in [0.5, 0.6) is 5.75 Å². The van der Waals surface area contributed by atoms with E-state index in [1.807, 2.05) is 78.9 Å². The van der Waals surface area contributed by atoms with Gasteiger partial charge in [-0.2, -0.15) is 0 Å². The molecule has 0 saturated carbocycles. The molecule has 2 amide bonds. The topological polar surface area (TPSA) is 58.6 Å². The summed E-state index contributed by atoms with van der Waals surface area (Å²) in [5.74, 6) is 0.176. The van der Waals surface area contributed by atoms with E-state index < -0.39 is 6.04 Å². The van der Waals surface area contributed by atoms with Crippen LogP contribution in [0.15, 0.2) is 91.0 Å². The Bertz CT molecular complexity index is 962. The molecule has 0 radical (unpaired) electrons. The van der Waals surface area contributed by atoms with E-state index in [1.165, 1.54) is 0 Å². The summed E-state index contributed by atoms with van der Waals surface area (Å²) < 4.78 is 5.73. The number of nitrogens with zero attached hydrogens (tertiary/aromatic N) is 1. The average molecular weight is 431 g/mol. The van der Waals surface area contributed by atoms with Crippen LogP contribution in [0.3, 0.4) is 0 Å². The molecule has 1 atom stereocenters. The summed E-state index contributed by atoms with van der Waals surface area (Å²) in [5.41, 5.74) is 1.72. The van der Waals surface area contributed by atoms with E-state index in [4.69, 9.17) is 4.74 Å². The molecule has 0 heterocycles. The first kappa shape index (κ1) is 23.1. The van der Waals surface area contributed by atoms with Crippen LogP contribution >= 0.6 is 0 Å². The van der Waals surface area contributed by atoms with Crippen molar-refractivity contribution in [3.8, 4) is 5.75 Å². The van der Waals surface area contributed by atoms with Crippen molar-refractivity contribution in [2.75, 3.05) is 13.2 Å². The minimum absolute atomic E-state index is 0.150. The molecular weight excluding hydrogens is 400 g/mol. The SMILES string of the molecule is CCCCNC(=O)C(c1ccccc1)N(Cc1ccccc1)C(=O)COc1ccccc1. The van der Waals surface area contributed by atoms with Gasteiger partial charge in [0, 0.05) is 13.1 Å². The first-order chi connectivity index (χ1) is 15.7. The van der Waals surface area contributed by atoms with Gasteiger partial charge in [-0.25, -0.2) is 0 Å². The van der Waals surface area contributed by atoms with E-state index >= 15 is 0 Å². The number of ether oxygens (including phenoxy) is 1. The van der Waals surface area contributed by atoms with Crippen molar-refractivity contribution in [1.29, 1.82) is 0 Å². The van der Waals surface area contributed by atoms with E-state index in [9.17, 15) is 9.59 Å². The van der Waals surface area contributed by atoms with Crippen molar-refractivity contribution in [1.82, 2.24) is 10.2 Å². The third-order valence-electron chi connectivity index (χ3n) is 5.13. The molecule has 3 rings (SSSR count). The number of amides is 2. The number of hydrogen-bond acceptors (Lipinski definition) is 3. The summed E-state index contributed by atoms with van der Waals surface area (Å²) in [4.78, 5) is 28.3. The molecule has 0 fully saturated rings. The summed E-state index contributed by atoms with van der Waals surface area (Å²) >= 11 is 0. The Balaban J connectivity index is 1.88. The van der Waals surface area contributed by atoms with Gasteiger partial charge >= 0.3 is 0 Å². The van der Waals surface area contributed by atoms with E-state index in [0.717, 1.165) is 24.0 Å². The molecule has 0 aliphatic heterocycles. The first-order valence-electron chi connectivity index (χ1n) is 11.0. The van der Waals surface area contributed by atoms with Crippen LogP contribution in [-0.4, -0.2) is 29.9 Å². The molecule has 166 valence electrons. The van der Waals surface area contributed by atoms with E-state index in [2.05, 4.69) is 12.2 Å². The molecule has 0 aliphatic carbocycles. The summed E-state index contributed by atoms with van der Waals surface area (Å²) in [6.07, 6.45) is 1.87. The maximum atomic E-state index is 13.4. The van der Waals surface area contributed by atoms with Crippen LogP contribution in [0.4, 0.5) is 0 Å². The minimum atomic E-state index is -0.750. The van der Waals surface area contributed by atoms with E-state index in [1.54, 1.807) is 17.0 Å². The summed E-state index contributed by atoms with van der Waals surface area (Å²) in [5, 5.41) is 3.00. The number of hydrogen-bond donors (Lipinski definition) is 1. The second-order valence-electron chi connectivity index (χ2n) is 7.57. The fraction of sp³-hybridized carbons (Fsp3) is 0.259. The van der Waals surface area contributed by atoms with E-state index in [-0.39, 0.29) is 18.4 Å². The summed E-state index contributed by atoms with van der Waals surface area (Å²) in [6, 6.07) is 27.6. The predicted molar refractivity (Wildman–Crippen MR) is 126 cm³/mol. The second-order valence-corrected chi connectivity index (χ2v) is 7.57. The summed E-state index contributed by atoms with van der Waals surface area (Å²) in [6.45, 7) is 2.81. The second kappa shape index (κ2) is 12.3. The highest BCUT2D eigenvalue weighted by molar-refractivity contribution is 5.89. The molecule has 3 aromatic rings. The molecule has 0 saturated heterocycles. The van der Waals surface area contributed by atoms with Crippen LogP contribution < -0.4 is 10.1 Å². The van der Waals surface area contributed by atoms with Gasteiger partial charge in [0.15, 0.2) is 6.61 Å². The standard InChI is InChI=1S/C27H30N2O3/c1-2-3-19-28-27(31)26(23-15-9-5-10-16-23)29(20-22-13-7-4-8-14-22)25(30)21-32-24-17-11-6-12-18-24/h4-18,26H,2-3,19-21H2,1H3,(H,28,31). The van der Waals surface area contributed by atoms with Gasteiger partial charge in [0.1, 0.15) is 11.8 Å². The zero-order valence-corrected chi connectivity index (χ0v) is 18.4. The highest BCUT2D eigenvalue weighted by Gasteiger charge is 2.31. The Labute approximate surface area is 190 Å². The lowest BCUT2D eigenvalue weighted by Gasteiger charge is -2.31. The van der Waals surface area contributed by atoms with Crippen LogP contribution in [-0.2, 0) is 16.1 Å². The molecule has 0 spiro atoms. The molecule has 3 aromatic carbocycles. The normalized spacial score (nSPS) is 11.4. The number of unbranched alkanes of at least 4 members (excludes halogenated alkanes) is 1.